The van der Waals surface area contributed by atoms with Crippen LogP contribution < -0.4 is 5.73 Å². The Morgan fingerprint density at radius 3 is 2.55 bits per heavy atom. The minimum absolute atomic E-state index is 0.431. The highest BCUT2D eigenvalue weighted by atomic mass is 79.9. The predicted octanol–water partition coefficient (Wildman–Crippen LogP) is 2.55. The molecule has 0 saturated carbocycles. The topological polar surface area (TPSA) is 38.9 Å². The molecule has 0 aliphatic heterocycles. The van der Waals surface area contributed by atoms with Crippen molar-refractivity contribution in [1.82, 2.24) is 4.98 Å². The van der Waals surface area contributed by atoms with Crippen molar-refractivity contribution in [3.05, 3.63) is 22.4 Å². The number of anilines is 1. The molecule has 2 N–H and O–H groups in total. The van der Waals surface area contributed by atoms with Gasteiger partial charge in [-0.25, -0.2) is 0 Å². The minimum atomic E-state index is 0.431. The average Bonchev–Trinajstić information content (AvgIpc) is 1.94. The molecule has 0 aliphatic carbocycles. The Balaban J connectivity index is 3.17. The van der Waals surface area contributed by atoms with Crippen LogP contribution in [0.5, 0.6) is 0 Å². The molecule has 2 nitrogen and oxygen atoms in total. The lowest BCUT2D eigenvalue weighted by molar-refractivity contribution is 0.860. The summed E-state index contributed by atoms with van der Waals surface area (Å²) in [5.74, 6) is 0.431. The highest BCUT2D eigenvalue weighted by Crippen LogP contribution is 2.26. The largest absolute Gasteiger partial charge is 0.397 e. The summed E-state index contributed by atoms with van der Waals surface area (Å²) in [7, 11) is 0. The van der Waals surface area contributed by atoms with Crippen molar-refractivity contribution in [2.75, 3.05) is 5.73 Å². The number of nitrogens with zero attached hydrogens (tertiary/aromatic N) is 1. The van der Waals surface area contributed by atoms with Crippen LogP contribution in [0.3, 0.4) is 0 Å². The summed E-state index contributed by atoms with van der Waals surface area (Å²) in [6.45, 7) is 4.19. The van der Waals surface area contributed by atoms with Crippen molar-refractivity contribution in [2.24, 2.45) is 0 Å². The highest BCUT2D eigenvalue weighted by Gasteiger charge is 2.06. The third kappa shape index (κ3) is 1.71. The second-order valence-electron chi connectivity index (χ2n) is 2.78. The summed E-state index contributed by atoms with van der Waals surface area (Å²) in [5, 5.41) is 0. The summed E-state index contributed by atoms with van der Waals surface area (Å²) in [5.41, 5.74) is 7.69. The predicted molar refractivity (Wildman–Crippen MR) is 50.4 cm³/mol. The summed E-state index contributed by atoms with van der Waals surface area (Å²) in [4.78, 5) is 4.04. The minimum Gasteiger partial charge on any atom is -0.397 e. The molecule has 60 valence electrons. The molecule has 1 aromatic rings. The molecule has 0 fully saturated rings. The lowest BCUT2D eigenvalue weighted by Gasteiger charge is -2.08. The van der Waals surface area contributed by atoms with Gasteiger partial charge in [0.1, 0.15) is 0 Å². The van der Waals surface area contributed by atoms with Crippen molar-refractivity contribution >= 4 is 21.6 Å². The smallest absolute Gasteiger partial charge is 0.0591 e. The van der Waals surface area contributed by atoms with E-state index in [4.69, 9.17) is 5.73 Å². The fourth-order valence-electron chi connectivity index (χ4n) is 0.920. The molecule has 0 saturated heterocycles. The van der Waals surface area contributed by atoms with E-state index in [0.717, 1.165) is 15.7 Å². The normalized spacial score (nSPS) is 10.5. The van der Waals surface area contributed by atoms with Gasteiger partial charge in [0.25, 0.3) is 0 Å². The Hall–Kier alpha value is -0.570. The molecule has 0 atom stereocenters. The van der Waals surface area contributed by atoms with Crippen molar-refractivity contribution in [2.45, 2.75) is 19.8 Å². The zero-order valence-electron chi connectivity index (χ0n) is 6.63. The third-order valence-electron chi connectivity index (χ3n) is 1.59. The van der Waals surface area contributed by atoms with Crippen molar-refractivity contribution in [3.8, 4) is 0 Å². The van der Waals surface area contributed by atoms with Gasteiger partial charge in [0.05, 0.1) is 10.2 Å². The second-order valence-corrected chi connectivity index (χ2v) is 3.63. The Labute approximate surface area is 75.0 Å². The van der Waals surface area contributed by atoms with Gasteiger partial charge in [-0.3, -0.25) is 4.98 Å². The first-order valence-corrected chi connectivity index (χ1v) is 4.31. The van der Waals surface area contributed by atoms with E-state index in [0.29, 0.717) is 5.92 Å². The Kier molecular flexibility index (Phi) is 2.49. The van der Waals surface area contributed by atoms with Crippen molar-refractivity contribution in [1.29, 1.82) is 0 Å². The van der Waals surface area contributed by atoms with Crippen LogP contribution in [0.25, 0.3) is 0 Å². The van der Waals surface area contributed by atoms with Gasteiger partial charge >= 0.3 is 0 Å². The molecular formula is C8H11BrN2. The molecule has 0 aliphatic rings. The number of pyridine rings is 1. The van der Waals surface area contributed by atoms with Gasteiger partial charge in [-0.15, -0.1) is 0 Å². The van der Waals surface area contributed by atoms with Crippen LogP contribution in [0.1, 0.15) is 25.3 Å². The van der Waals surface area contributed by atoms with Crippen LogP contribution in [0.15, 0.2) is 16.9 Å². The van der Waals surface area contributed by atoms with E-state index in [1.807, 2.05) is 6.20 Å². The number of nitrogen functional groups attached to an aromatic ring is 1. The van der Waals surface area contributed by atoms with E-state index < -0.39 is 0 Å². The van der Waals surface area contributed by atoms with Gasteiger partial charge in [0, 0.05) is 12.4 Å². The van der Waals surface area contributed by atoms with Gasteiger partial charge in [-0.2, -0.15) is 0 Å². The first-order valence-electron chi connectivity index (χ1n) is 3.51. The molecule has 0 unspecified atom stereocenters. The molecule has 1 aromatic heterocycles. The standard InChI is InChI=1S/C8H11BrN2/c1-5(2)6-3-11-4-7(9)8(6)10/h3-5H,1-2H3,(H2,10,11). The molecule has 0 spiro atoms. The lowest BCUT2D eigenvalue weighted by Crippen LogP contribution is -1.98. The molecule has 0 radical (unpaired) electrons. The van der Waals surface area contributed by atoms with Gasteiger partial charge in [0.15, 0.2) is 0 Å². The molecule has 0 amide bonds. The van der Waals surface area contributed by atoms with Crippen LogP contribution in [0.4, 0.5) is 5.69 Å². The van der Waals surface area contributed by atoms with Crippen LogP contribution in [-0.4, -0.2) is 4.98 Å². The first-order chi connectivity index (χ1) is 5.13. The van der Waals surface area contributed by atoms with Crippen LogP contribution in [-0.2, 0) is 0 Å². The molecule has 1 rings (SSSR count). The molecule has 0 aromatic carbocycles. The average molecular weight is 215 g/mol. The van der Waals surface area contributed by atoms with Gasteiger partial charge in [-0.1, -0.05) is 13.8 Å². The van der Waals surface area contributed by atoms with Crippen LogP contribution >= 0.6 is 15.9 Å². The number of nitrogens with two attached hydrogens (primary N) is 1. The lowest BCUT2D eigenvalue weighted by atomic mass is 10.0. The maximum Gasteiger partial charge on any atom is 0.0591 e. The van der Waals surface area contributed by atoms with E-state index in [1.165, 1.54) is 0 Å². The van der Waals surface area contributed by atoms with Crippen molar-refractivity contribution in [3.63, 3.8) is 0 Å². The Morgan fingerprint density at radius 1 is 1.45 bits per heavy atom. The molecule has 3 heteroatoms. The maximum atomic E-state index is 5.80. The number of hydrogen-bond donors (Lipinski definition) is 1. The fraction of sp³-hybridized carbons (Fsp3) is 0.375. The summed E-state index contributed by atoms with van der Waals surface area (Å²) >= 11 is 3.33. The summed E-state index contributed by atoms with van der Waals surface area (Å²) in [6, 6.07) is 0. The molecular weight excluding hydrogens is 204 g/mol. The third-order valence-corrected chi connectivity index (χ3v) is 2.22. The van der Waals surface area contributed by atoms with E-state index in [9.17, 15) is 0 Å². The molecule has 0 bridgehead atoms. The number of rotatable bonds is 1. The van der Waals surface area contributed by atoms with Crippen LogP contribution in [0, 0.1) is 0 Å². The fourth-order valence-corrected chi connectivity index (χ4v) is 1.27. The number of halogens is 1. The zero-order valence-corrected chi connectivity index (χ0v) is 8.22. The van der Waals surface area contributed by atoms with E-state index in [-0.39, 0.29) is 0 Å². The second kappa shape index (κ2) is 3.22. The van der Waals surface area contributed by atoms with Gasteiger partial charge < -0.3 is 5.73 Å². The van der Waals surface area contributed by atoms with Gasteiger partial charge in [-0.05, 0) is 27.4 Å². The summed E-state index contributed by atoms with van der Waals surface area (Å²) < 4.78 is 0.878. The quantitative estimate of drug-likeness (QED) is 0.781. The van der Waals surface area contributed by atoms with Crippen molar-refractivity contribution < 1.29 is 0 Å². The SMILES string of the molecule is CC(C)c1cncc(Br)c1N. The monoisotopic (exact) mass is 214 g/mol. The summed E-state index contributed by atoms with van der Waals surface area (Å²) in [6.07, 6.45) is 3.52. The van der Waals surface area contributed by atoms with Gasteiger partial charge in [0.2, 0.25) is 0 Å². The Bertz CT molecular complexity index is 258. The zero-order chi connectivity index (χ0) is 8.43. The van der Waals surface area contributed by atoms with Crippen LogP contribution in [0.2, 0.25) is 0 Å². The molecule has 1 heterocycles. The number of aromatic nitrogens is 1. The van der Waals surface area contributed by atoms with E-state index in [2.05, 4.69) is 34.8 Å². The van der Waals surface area contributed by atoms with E-state index in [1.54, 1.807) is 6.20 Å². The molecule has 11 heavy (non-hydrogen) atoms. The van der Waals surface area contributed by atoms with E-state index >= 15 is 0 Å². The highest BCUT2D eigenvalue weighted by molar-refractivity contribution is 9.10. The maximum absolute atomic E-state index is 5.80. The number of hydrogen-bond acceptors (Lipinski definition) is 2. The Morgan fingerprint density at radius 2 is 2.09 bits per heavy atom. The first kappa shape index (κ1) is 8.53.